The summed E-state index contributed by atoms with van der Waals surface area (Å²) in [6.45, 7) is 0.0501. The van der Waals surface area contributed by atoms with E-state index in [2.05, 4.69) is 8.53 Å². The van der Waals surface area contributed by atoms with Crippen LogP contribution >= 0.6 is 23.1 Å². The Morgan fingerprint density at radius 3 is 2.00 bits per heavy atom. The quantitative estimate of drug-likeness (QED) is 0.254. The molecule has 11 heteroatoms. The van der Waals surface area contributed by atoms with Gasteiger partial charge in [-0.3, -0.25) is 4.57 Å². The normalized spacial score (nSPS) is 19.9. The van der Waals surface area contributed by atoms with Gasteiger partial charge >= 0.3 is 37.2 Å². The van der Waals surface area contributed by atoms with Gasteiger partial charge < -0.3 is 30.4 Å². The van der Waals surface area contributed by atoms with E-state index in [1.807, 2.05) is 0 Å². The van der Waals surface area contributed by atoms with Crippen LogP contribution in [0.5, 0.6) is 0 Å². The average Bonchev–Trinajstić information content (AvgIpc) is 1.95. The van der Waals surface area contributed by atoms with Gasteiger partial charge in [-0.2, -0.15) is 0 Å². The van der Waals surface area contributed by atoms with Gasteiger partial charge in [-0.25, -0.2) is 0 Å². The summed E-state index contributed by atoms with van der Waals surface area (Å²) in [6.07, 6.45) is -0.526. The molecule has 0 heterocycles. The maximum Gasteiger partial charge on any atom is 1.00 e. The number of hydrogen-bond acceptors (Lipinski definition) is 4. The minimum absolute atomic E-state index is 0. The van der Waals surface area contributed by atoms with Crippen molar-refractivity contribution in [3.63, 3.8) is 0 Å². The monoisotopic (exact) mass is 287 g/mol. The molecule has 0 aromatic rings. The maximum absolute atomic E-state index is 11.1. The molecule has 0 rings (SSSR count). The van der Waals surface area contributed by atoms with Crippen molar-refractivity contribution < 1.29 is 58.8 Å². The van der Waals surface area contributed by atoms with Gasteiger partial charge in [-0.15, -0.1) is 8.53 Å². The minimum atomic E-state index is -5.10. The standard InChI is InChI=1S/C4H13NO6P3.Na/c5-3-1-2-4(6,13(7,8)9)14(10,11)12;/h6,12H,1-3,5H2,(H3-,7,8,9,10,11);/q-1;+1. The molecule has 0 fully saturated rings. The molecule has 0 aliphatic carbocycles. The molecule has 0 aromatic heterocycles. The molecule has 6 N–H and O–H groups in total. The molecule has 15 heavy (non-hydrogen) atoms. The van der Waals surface area contributed by atoms with Crippen molar-refractivity contribution in [1.82, 2.24) is 0 Å². The van der Waals surface area contributed by atoms with Crippen molar-refractivity contribution >= 4 is 23.1 Å². The van der Waals surface area contributed by atoms with Crippen molar-refractivity contribution in [2.45, 2.75) is 17.9 Å². The third kappa shape index (κ3) is 4.84. The Hall–Kier alpha value is 1.72. The summed E-state index contributed by atoms with van der Waals surface area (Å²) < 4.78 is 10.8. The molecule has 0 saturated heterocycles. The van der Waals surface area contributed by atoms with Gasteiger partial charge in [0.1, 0.15) is 0 Å². The summed E-state index contributed by atoms with van der Waals surface area (Å²) >= 11 is 0. The zero-order valence-corrected chi connectivity index (χ0v) is 13.0. The SMILES string of the molecule is NCCCC(O)(P(=O)(O)O)P([O-])(O)=P.[Na+]. The van der Waals surface area contributed by atoms with Crippen LogP contribution in [0.1, 0.15) is 12.8 Å². The molecule has 0 bridgehead atoms. The van der Waals surface area contributed by atoms with Crippen molar-refractivity contribution in [2.75, 3.05) is 6.54 Å². The van der Waals surface area contributed by atoms with E-state index in [1.54, 1.807) is 0 Å². The van der Waals surface area contributed by atoms with Crippen molar-refractivity contribution in [3.05, 3.63) is 0 Å². The largest absolute Gasteiger partial charge is 1.00 e. The molecule has 86 valence electrons. The molecular weight excluding hydrogens is 274 g/mol. The number of aliphatic hydroxyl groups is 1. The third-order valence-corrected chi connectivity index (χ3v) is 7.29. The second-order valence-electron chi connectivity index (χ2n) is 2.79. The Balaban J connectivity index is 0. The van der Waals surface area contributed by atoms with Crippen LogP contribution in [0.15, 0.2) is 0 Å². The van der Waals surface area contributed by atoms with E-state index in [0.717, 1.165) is 0 Å². The minimum Gasteiger partial charge on any atom is -0.804 e. The number of hydrogen-bond donors (Lipinski definition) is 5. The van der Waals surface area contributed by atoms with E-state index in [1.165, 1.54) is 0 Å². The fourth-order valence-electron chi connectivity index (χ4n) is 0.813. The summed E-state index contributed by atoms with van der Waals surface area (Å²) in [5.41, 5.74) is 5.07. The van der Waals surface area contributed by atoms with E-state index in [9.17, 15) is 14.6 Å². The predicted octanol–water partition coefficient (Wildman–Crippen LogP) is -4.19. The Morgan fingerprint density at radius 2 is 1.80 bits per heavy atom. The average molecular weight is 287 g/mol. The van der Waals surface area contributed by atoms with Crippen LogP contribution in [0.2, 0.25) is 0 Å². The summed E-state index contributed by atoms with van der Waals surface area (Å²) in [7, 11) is -7.35. The smallest absolute Gasteiger partial charge is 0.804 e. The van der Waals surface area contributed by atoms with E-state index < -0.39 is 26.1 Å². The van der Waals surface area contributed by atoms with Gasteiger partial charge in [0.05, 0.1) is 0 Å². The molecule has 0 aliphatic heterocycles. The van der Waals surface area contributed by atoms with Crippen LogP contribution in [-0.4, -0.2) is 31.4 Å². The topological polar surface area (TPSA) is 147 Å². The fourth-order valence-corrected chi connectivity index (χ4v) is 4.64. The van der Waals surface area contributed by atoms with Crippen LogP contribution in [0.4, 0.5) is 0 Å². The van der Waals surface area contributed by atoms with E-state index >= 15 is 0 Å². The van der Waals surface area contributed by atoms with Gasteiger partial charge in [-0.05, 0) is 26.4 Å². The van der Waals surface area contributed by atoms with E-state index in [4.69, 9.17) is 20.4 Å². The molecule has 0 amide bonds. The predicted molar refractivity (Wildman–Crippen MR) is 52.7 cm³/mol. The Bertz CT molecular complexity index is 264. The van der Waals surface area contributed by atoms with Crippen LogP contribution in [0.25, 0.3) is 0 Å². The van der Waals surface area contributed by atoms with Crippen LogP contribution in [0.3, 0.4) is 0 Å². The second kappa shape index (κ2) is 6.60. The van der Waals surface area contributed by atoms with Gasteiger partial charge in [0.15, 0.2) is 5.08 Å². The fraction of sp³-hybridized carbons (Fsp3) is 1.00. The van der Waals surface area contributed by atoms with Gasteiger partial charge in [0.25, 0.3) is 0 Å². The summed E-state index contributed by atoms with van der Waals surface area (Å²) in [4.78, 5) is 37.6. The summed E-state index contributed by atoms with van der Waals surface area (Å²) in [5, 5.41) is 6.47. The molecule has 2 unspecified atom stereocenters. The van der Waals surface area contributed by atoms with E-state index in [-0.39, 0.29) is 42.5 Å². The van der Waals surface area contributed by atoms with Crippen LogP contribution < -0.4 is 40.2 Å². The first-order valence-electron chi connectivity index (χ1n) is 3.62. The maximum atomic E-state index is 11.1. The second-order valence-corrected chi connectivity index (χ2v) is 8.68. The first-order valence-corrected chi connectivity index (χ1v) is 8.23. The van der Waals surface area contributed by atoms with Gasteiger partial charge in [0.2, 0.25) is 0 Å². The third-order valence-electron chi connectivity index (χ3n) is 1.67. The van der Waals surface area contributed by atoms with Gasteiger partial charge in [0, 0.05) is 0 Å². The molecule has 7 nitrogen and oxygen atoms in total. The van der Waals surface area contributed by atoms with E-state index in [0.29, 0.717) is 0 Å². The van der Waals surface area contributed by atoms with Gasteiger partial charge in [-0.1, -0.05) is 0 Å². The van der Waals surface area contributed by atoms with Crippen molar-refractivity contribution in [2.24, 2.45) is 5.73 Å². The summed E-state index contributed by atoms with van der Waals surface area (Å²) in [6, 6.07) is 0. The number of rotatable bonds is 5. The molecule has 0 spiro atoms. The molecule has 0 radical (unpaired) electrons. The first-order chi connectivity index (χ1) is 6.06. The Labute approximate surface area is 112 Å². The summed E-state index contributed by atoms with van der Waals surface area (Å²) in [5.74, 6) is 0. The first kappa shape index (κ1) is 19.1. The molecule has 0 saturated carbocycles. The number of nitrogens with two attached hydrogens (primary N) is 1. The Kier molecular flexibility index (Phi) is 8.39. The van der Waals surface area contributed by atoms with Crippen molar-refractivity contribution in [1.29, 1.82) is 0 Å². The van der Waals surface area contributed by atoms with Crippen LogP contribution in [-0.2, 0) is 4.57 Å². The molecule has 2 atom stereocenters. The molecule has 0 aromatic carbocycles. The zero-order chi connectivity index (χ0) is 11.6. The molecular formula is C4H13NNaO6P3. The Morgan fingerprint density at radius 1 is 1.40 bits per heavy atom. The molecule has 0 aliphatic rings. The van der Waals surface area contributed by atoms with Crippen molar-refractivity contribution in [3.8, 4) is 0 Å². The van der Waals surface area contributed by atoms with Crippen LogP contribution in [0, 0.1) is 0 Å². The zero-order valence-electron chi connectivity index (χ0n) is 8.20.